The van der Waals surface area contributed by atoms with Gasteiger partial charge in [0.25, 0.3) is 0 Å². The second kappa shape index (κ2) is 7.26. The summed E-state index contributed by atoms with van der Waals surface area (Å²) in [6.45, 7) is 0.610. The smallest absolute Gasteiger partial charge is 0.129 e. The van der Waals surface area contributed by atoms with Crippen LogP contribution in [0.1, 0.15) is 69.8 Å². The highest BCUT2D eigenvalue weighted by Gasteiger charge is 2.29. The Balaban J connectivity index is 1.85. The van der Waals surface area contributed by atoms with Gasteiger partial charge in [-0.05, 0) is 43.4 Å². The molecule has 0 radical (unpaired) electrons. The first kappa shape index (κ1) is 14.8. The molecule has 2 aliphatic carbocycles. The van der Waals surface area contributed by atoms with Gasteiger partial charge in [0.1, 0.15) is 5.82 Å². The third kappa shape index (κ3) is 3.57. The maximum Gasteiger partial charge on any atom is 0.129 e. The Kier molecular flexibility index (Phi) is 5.13. The van der Waals surface area contributed by atoms with E-state index < -0.39 is 0 Å². The van der Waals surface area contributed by atoms with E-state index in [4.69, 9.17) is 10.7 Å². The SMILES string of the molecule is NCc1ccnc(N(C2CCCCC2)C2CCCCC2)c1. The molecule has 3 heteroatoms. The topological polar surface area (TPSA) is 42.1 Å². The van der Waals surface area contributed by atoms with Gasteiger partial charge in [-0.3, -0.25) is 0 Å². The number of hydrogen-bond donors (Lipinski definition) is 1. The zero-order valence-corrected chi connectivity index (χ0v) is 13.1. The largest absolute Gasteiger partial charge is 0.351 e. The van der Waals surface area contributed by atoms with Gasteiger partial charge in [0.2, 0.25) is 0 Å². The fourth-order valence-corrected chi connectivity index (χ4v) is 4.12. The van der Waals surface area contributed by atoms with E-state index >= 15 is 0 Å². The Bertz CT molecular complexity index is 416. The summed E-state index contributed by atoms with van der Waals surface area (Å²) in [7, 11) is 0. The average Bonchev–Trinajstić information content (AvgIpc) is 2.57. The average molecular weight is 287 g/mol. The number of pyridine rings is 1. The molecule has 2 N–H and O–H groups in total. The van der Waals surface area contributed by atoms with Crippen molar-refractivity contribution in [1.82, 2.24) is 4.98 Å². The summed E-state index contributed by atoms with van der Waals surface area (Å²) in [5, 5.41) is 0. The van der Waals surface area contributed by atoms with Gasteiger partial charge < -0.3 is 10.6 Å². The maximum atomic E-state index is 5.83. The lowest BCUT2D eigenvalue weighted by Gasteiger charge is -2.42. The molecule has 1 aromatic heterocycles. The lowest BCUT2D eigenvalue weighted by molar-refractivity contribution is 0.338. The van der Waals surface area contributed by atoms with Crippen LogP contribution in [-0.2, 0) is 6.54 Å². The number of anilines is 1. The van der Waals surface area contributed by atoms with Crippen LogP contribution in [0.2, 0.25) is 0 Å². The van der Waals surface area contributed by atoms with Crippen LogP contribution in [0, 0.1) is 0 Å². The molecule has 21 heavy (non-hydrogen) atoms. The van der Waals surface area contributed by atoms with Crippen molar-refractivity contribution in [1.29, 1.82) is 0 Å². The monoisotopic (exact) mass is 287 g/mol. The van der Waals surface area contributed by atoms with E-state index in [1.54, 1.807) is 0 Å². The fourth-order valence-electron chi connectivity index (χ4n) is 4.12. The summed E-state index contributed by atoms with van der Waals surface area (Å²) >= 11 is 0. The van der Waals surface area contributed by atoms with Gasteiger partial charge >= 0.3 is 0 Å². The highest BCUT2D eigenvalue weighted by molar-refractivity contribution is 5.44. The molecule has 3 rings (SSSR count). The van der Waals surface area contributed by atoms with Crippen LogP contribution in [-0.4, -0.2) is 17.1 Å². The molecule has 0 aliphatic heterocycles. The normalized spacial score (nSPS) is 21.4. The van der Waals surface area contributed by atoms with Crippen molar-refractivity contribution < 1.29 is 0 Å². The highest BCUT2D eigenvalue weighted by Crippen LogP contribution is 2.33. The lowest BCUT2D eigenvalue weighted by atomic mass is 9.88. The first-order valence-electron chi connectivity index (χ1n) is 8.82. The van der Waals surface area contributed by atoms with Gasteiger partial charge in [-0.2, -0.15) is 0 Å². The van der Waals surface area contributed by atoms with Gasteiger partial charge in [0, 0.05) is 24.8 Å². The van der Waals surface area contributed by atoms with Crippen LogP contribution in [0.5, 0.6) is 0 Å². The van der Waals surface area contributed by atoms with Gasteiger partial charge in [0.05, 0.1) is 0 Å². The molecular formula is C18H29N3. The Morgan fingerprint density at radius 1 is 0.952 bits per heavy atom. The van der Waals surface area contributed by atoms with Crippen LogP contribution >= 0.6 is 0 Å². The van der Waals surface area contributed by atoms with Crippen LogP contribution < -0.4 is 10.6 Å². The summed E-state index contributed by atoms with van der Waals surface area (Å²) in [6, 6.07) is 5.66. The minimum atomic E-state index is 0.610. The first-order valence-corrected chi connectivity index (χ1v) is 8.82. The minimum absolute atomic E-state index is 0.610. The highest BCUT2D eigenvalue weighted by atomic mass is 15.2. The minimum Gasteiger partial charge on any atom is -0.351 e. The standard InChI is InChI=1S/C18H29N3/c19-14-15-11-12-20-18(13-15)21(16-7-3-1-4-8-16)17-9-5-2-6-10-17/h11-13,16-17H,1-10,14,19H2. The van der Waals surface area contributed by atoms with Crippen molar-refractivity contribution in [2.24, 2.45) is 5.73 Å². The number of nitrogens with two attached hydrogens (primary N) is 1. The van der Waals surface area contributed by atoms with Crippen molar-refractivity contribution in [3.8, 4) is 0 Å². The molecule has 2 fully saturated rings. The molecule has 0 aromatic carbocycles. The number of aromatic nitrogens is 1. The number of nitrogens with zero attached hydrogens (tertiary/aromatic N) is 2. The quantitative estimate of drug-likeness (QED) is 0.909. The van der Waals surface area contributed by atoms with Crippen LogP contribution in [0.15, 0.2) is 18.3 Å². The molecule has 1 aromatic rings. The van der Waals surface area contributed by atoms with Crippen molar-refractivity contribution in [3.63, 3.8) is 0 Å². The van der Waals surface area contributed by atoms with E-state index in [-0.39, 0.29) is 0 Å². The predicted octanol–water partition coefficient (Wildman–Crippen LogP) is 4.01. The first-order chi connectivity index (χ1) is 10.4. The summed E-state index contributed by atoms with van der Waals surface area (Å²) in [6.07, 6.45) is 15.6. The summed E-state index contributed by atoms with van der Waals surface area (Å²) < 4.78 is 0. The molecular weight excluding hydrogens is 258 g/mol. The fraction of sp³-hybridized carbons (Fsp3) is 0.722. The number of rotatable bonds is 4. The molecule has 0 saturated heterocycles. The van der Waals surface area contributed by atoms with Crippen LogP contribution in [0.4, 0.5) is 5.82 Å². The molecule has 0 unspecified atom stereocenters. The molecule has 3 nitrogen and oxygen atoms in total. The van der Waals surface area contributed by atoms with Crippen molar-refractivity contribution >= 4 is 5.82 Å². The van der Waals surface area contributed by atoms with Crippen molar-refractivity contribution in [3.05, 3.63) is 23.9 Å². The molecule has 2 aliphatic rings. The molecule has 0 amide bonds. The molecule has 1 heterocycles. The zero-order chi connectivity index (χ0) is 14.5. The van der Waals surface area contributed by atoms with E-state index in [9.17, 15) is 0 Å². The van der Waals surface area contributed by atoms with Gasteiger partial charge in [-0.15, -0.1) is 0 Å². The van der Waals surface area contributed by atoms with Crippen molar-refractivity contribution in [2.75, 3.05) is 4.90 Å². The Labute approximate surface area is 128 Å². The maximum absolute atomic E-state index is 5.83. The van der Waals surface area contributed by atoms with E-state index in [2.05, 4.69) is 11.0 Å². The zero-order valence-electron chi connectivity index (χ0n) is 13.1. The molecule has 116 valence electrons. The van der Waals surface area contributed by atoms with E-state index in [1.807, 2.05) is 12.3 Å². The molecule has 0 bridgehead atoms. The van der Waals surface area contributed by atoms with Gasteiger partial charge in [0.15, 0.2) is 0 Å². The molecule has 2 saturated carbocycles. The van der Waals surface area contributed by atoms with Gasteiger partial charge in [-0.1, -0.05) is 38.5 Å². The third-order valence-corrected chi connectivity index (χ3v) is 5.25. The lowest BCUT2D eigenvalue weighted by Crippen LogP contribution is -2.46. The van der Waals surface area contributed by atoms with E-state index in [0.29, 0.717) is 18.6 Å². The van der Waals surface area contributed by atoms with Crippen LogP contribution in [0.3, 0.4) is 0 Å². The van der Waals surface area contributed by atoms with Crippen LogP contribution in [0.25, 0.3) is 0 Å². The second-order valence-electron chi connectivity index (χ2n) is 6.72. The Hall–Kier alpha value is -1.09. The van der Waals surface area contributed by atoms with E-state index in [1.165, 1.54) is 75.6 Å². The Morgan fingerprint density at radius 3 is 2.05 bits per heavy atom. The van der Waals surface area contributed by atoms with Gasteiger partial charge in [-0.25, -0.2) is 4.98 Å². The molecule has 0 spiro atoms. The summed E-state index contributed by atoms with van der Waals surface area (Å²) in [5.41, 5.74) is 7.03. The summed E-state index contributed by atoms with van der Waals surface area (Å²) in [5.74, 6) is 1.18. The van der Waals surface area contributed by atoms with E-state index in [0.717, 1.165) is 0 Å². The molecule has 0 atom stereocenters. The van der Waals surface area contributed by atoms with Crippen molar-refractivity contribution in [2.45, 2.75) is 82.8 Å². The Morgan fingerprint density at radius 2 is 1.52 bits per heavy atom. The number of hydrogen-bond acceptors (Lipinski definition) is 3. The summed E-state index contributed by atoms with van der Waals surface area (Å²) in [4.78, 5) is 7.39. The third-order valence-electron chi connectivity index (χ3n) is 5.25. The second-order valence-corrected chi connectivity index (χ2v) is 6.72. The predicted molar refractivity (Wildman–Crippen MR) is 88.4 cm³/mol.